The molecule has 1 amide bonds. The van der Waals surface area contributed by atoms with E-state index in [1.807, 2.05) is 0 Å². The molecule has 3 N–H and O–H groups in total. The van der Waals surface area contributed by atoms with Gasteiger partial charge in [-0.05, 0) is 42.0 Å². The minimum Gasteiger partial charge on any atom is -0.370 e. The van der Waals surface area contributed by atoms with Crippen LogP contribution in [0.2, 0.25) is 10.0 Å². The van der Waals surface area contributed by atoms with Gasteiger partial charge in [-0.25, -0.2) is 4.39 Å². The van der Waals surface area contributed by atoms with Gasteiger partial charge in [0.15, 0.2) is 0 Å². The molecule has 1 unspecified atom stereocenters. The molecule has 3 nitrogen and oxygen atoms in total. The first-order valence-electron chi connectivity index (χ1n) is 5.73. The lowest BCUT2D eigenvalue weighted by Gasteiger charge is -2.17. The maximum Gasteiger partial charge on any atom is 0.244 e. The lowest BCUT2D eigenvalue weighted by atomic mass is 10.1. The average molecular weight is 313 g/mol. The summed E-state index contributed by atoms with van der Waals surface area (Å²) < 4.78 is 13.2. The van der Waals surface area contributed by atoms with Gasteiger partial charge in [0.25, 0.3) is 0 Å². The summed E-state index contributed by atoms with van der Waals surface area (Å²) in [6, 6.07) is 9.58. The van der Waals surface area contributed by atoms with Crippen LogP contribution in [-0.2, 0) is 4.79 Å². The Morgan fingerprint density at radius 2 is 1.80 bits per heavy atom. The molecule has 0 spiro atoms. The van der Waals surface area contributed by atoms with Crippen LogP contribution in [0.25, 0.3) is 0 Å². The highest BCUT2D eigenvalue weighted by atomic mass is 35.5. The van der Waals surface area contributed by atoms with E-state index in [1.165, 1.54) is 18.2 Å². The van der Waals surface area contributed by atoms with E-state index in [4.69, 9.17) is 28.9 Å². The molecule has 20 heavy (non-hydrogen) atoms. The van der Waals surface area contributed by atoms with Crippen molar-refractivity contribution < 1.29 is 9.18 Å². The average Bonchev–Trinajstić information content (AvgIpc) is 2.34. The minimum atomic E-state index is -0.854. The van der Waals surface area contributed by atoms with E-state index >= 15 is 0 Å². The Bertz CT molecular complexity index is 629. The number of carbonyl (C=O) groups excluding carboxylic acids is 1. The fraction of sp³-hybridized carbons (Fsp3) is 0.0714. The van der Waals surface area contributed by atoms with Crippen molar-refractivity contribution in [3.05, 3.63) is 63.9 Å². The van der Waals surface area contributed by atoms with E-state index in [0.29, 0.717) is 21.3 Å². The summed E-state index contributed by atoms with van der Waals surface area (Å²) in [6.07, 6.45) is 0. The molecule has 0 aromatic heterocycles. The second-order valence-corrected chi connectivity index (χ2v) is 5.07. The van der Waals surface area contributed by atoms with E-state index in [1.54, 1.807) is 24.3 Å². The summed E-state index contributed by atoms with van der Waals surface area (Å²) in [7, 11) is 0. The summed E-state index contributed by atoms with van der Waals surface area (Å²) in [4.78, 5) is 11.6. The fourth-order valence-corrected chi connectivity index (χ4v) is 2.35. The Morgan fingerprint density at radius 1 is 1.15 bits per heavy atom. The van der Waals surface area contributed by atoms with Gasteiger partial charge in [-0.2, -0.15) is 0 Å². The third kappa shape index (κ3) is 3.62. The molecule has 0 fully saturated rings. The molecule has 6 heteroatoms. The summed E-state index contributed by atoms with van der Waals surface area (Å²) in [6.45, 7) is 0. The molecule has 2 rings (SSSR count). The normalized spacial score (nSPS) is 11.9. The van der Waals surface area contributed by atoms with Crippen LogP contribution in [0.1, 0.15) is 11.6 Å². The van der Waals surface area contributed by atoms with E-state index < -0.39 is 17.8 Å². The number of anilines is 1. The van der Waals surface area contributed by atoms with Crippen molar-refractivity contribution in [1.29, 1.82) is 0 Å². The SMILES string of the molecule is NC(=O)C(Nc1cccc(F)c1)c1cc(Cl)cc(Cl)c1. The number of rotatable bonds is 4. The van der Waals surface area contributed by atoms with E-state index in [9.17, 15) is 9.18 Å². The highest BCUT2D eigenvalue weighted by Crippen LogP contribution is 2.26. The third-order valence-corrected chi connectivity index (χ3v) is 3.07. The minimum absolute atomic E-state index is 0.389. The molecule has 2 aromatic carbocycles. The monoisotopic (exact) mass is 312 g/mol. The smallest absolute Gasteiger partial charge is 0.244 e. The molecule has 0 saturated carbocycles. The number of nitrogens with two attached hydrogens (primary N) is 1. The fourth-order valence-electron chi connectivity index (χ4n) is 1.81. The van der Waals surface area contributed by atoms with Crippen molar-refractivity contribution in [3.8, 4) is 0 Å². The zero-order valence-electron chi connectivity index (χ0n) is 10.2. The first-order valence-corrected chi connectivity index (χ1v) is 6.49. The Kier molecular flexibility index (Phi) is 4.47. The molecule has 0 bridgehead atoms. The van der Waals surface area contributed by atoms with E-state index in [2.05, 4.69) is 5.32 Å². The van der Waals surface area contributed by atoms with Crippen LogP contribution >= 0.6 is 23.2 Å². The Balaban J connectivity index is 2.34. The second-order valence-electron chi connectivity index (χ2n) is 4.19. The number of hydrogen-bond donors (Lipinski definition) is 2. The molecule has 0 aliphatic heterocycles. The number of amides is 1. The highest BCUT2D eigenvalue weighted by Gasteiger charge is 2.18. The van der Waals surface area contributed by atoms with E-state index in [-0.39, 0.29) is 0 Å². The first kappa shape index (κ1) is 14.6. The first-order chi connectivity index (χ1) is 9.45. The molecule has 0 heterocycles. The number of hydrogen-bond acceptors (Lipinski definition) is 2. The largest absolute Gasteiger partial charge is 0.370 e. The maximum atomic E-state index is 13.2. The van der Waals surface area contributed by atoms with Crippen molar-refractivity contribution in [2.75, 3.05) is 5.32 Å². The number of benzene rings is 2. The van der Waals surface area contributed by atoms with Crippen LogP contribution in [0.4, 0.5) is 10.1 Å². The standard InChI is InChI=1S/C14H11Cl2FN2O/c15-9-4-8(5-10(16)6-9)13(14(18)20)19-12-3-1-2-11(17)7-12/h1-7,13,19H,(H2,18,20). The summed E-state index contributed by atoms with van der Waals surface area (Å²) >= 11 is 11.8. The Hall–Kier alpha value is -1.78. The van der Waals surface area contributed by atoms with Crippen molar-refractivity contribution in [3.63, 3.8) is 0 Å². The van der Waals surface area contributed by atoms with Crippen molar-refractivity contribution in [2.45, 2.75) is 6.04 Å². The van der Waals surface area contributed by atoms with Gasteiger partial charge < -0.3 is 11.1 Å². The van der Waals surface area contributed by atoms with Gasteiger partial charge in [0.05, 0.1) is 0 Å². The van der Waals surface area contributed by atoms with E-state index in [0.717, 1.165) is 0 Å². The molecular formula is C14H11Cl2FN2O. The Morgan fingerprint density at radius 3 is 2.35 bits per heavy atom. The summed E-state index contributed by atoms with van der Waals surface area (Å²) in [5, 5.41) is 3.64. The van der Waals surface area contributed by atoms with Gasteiger partial charge in [-0.15, -0.1) is 0 Å². The van der Waals surface area contributed by atoms with Crippen LogP contribution in [0.5, 0.6) is 0 Å². The van der Waals surface area contributed by atoms with Crippen LogP contribution in [0, 0.1) is 5.82 Å². The van der Waals surface area contributed by atoms with Crippen LogP contribution in [0.15, 0.2) is 42.5 Å². The molecule has 0 radical (unpaired) electrons. The predicted molar refractivity (Wildman–Crippen MR) is 78.4 cm³/mol. The lowest BCUT2D eigenvalue weighted by molar-refractivity contribution is -0.118. The van der Waals surface area contributed by atoms with Crippen molar-refractivity contribution in [2.24, 2.45) is 5.73 Å². The zero-order valence-corrected chi connectivity index (χ0v) is 11.8. The Labute approximate surface area is 125 Å². The maximum absolute atomic E-state index is 13.2. The number of nitrogens with one attached hydrogen (secondary N) is 1. The molecule has 104 valence electrons. The van der Waals surface area contributed by atoms with Crippen molar-refractivity contribution >= 4 is 34.8 Å². The molecular weight excluding hydrogens is 302 g/mol. The lowest BCUT2D eigenvalue weighted by Crippen LogP contribution is -2.27. The van der Waals surface area contributed by atoms with Gasteiger partial charge in [0.2, 0.25) is 5.91 Å². The quantitative estimate of drug-likeness (QED) is 0.903. The molecule has 1 atom stereocenters. The van der Waals surface area contributed by atoms with Crippen molar-refractivity contribution in [1.82, 2.24) is 0 Å². The predicted octanol–water partition coefficient (Wildman–Crippen LogP) is 3.77. The second kappa shape index (κ2) is 6.11. The van der Waals surface area contributed by atoms with Crippen LogP contribution in [0.3, 0.4) is 0 Å². The number of halogens is 3. The number of primary amides is 1. The summed E-state index contributed by atoms with van der Waals surface area (Å²) in [5.41, 5.74) is 6.32. The van der Waals surface area contributed by atoms with Gasteiger partial charge in [-0.3, -0.25) is 4.79 Å². The van der Waals surface area contributed by atoms with Crippen LogP contribution in [-0.4, -0.2) is 5.91 Å². The van der Waals surface area contributed by atoms with Gasteiger partial charge in [0.1, 0.15) is 11.9 Å². The molecule has 0 aliphatic rings. The third-order valence-electron chi connectivity index (χ3n) is 2.64. The number of carbonyl (C=O) groups is 1. The van der Waals surface area contributed by atoms with Gasteiger partial charge in [0, 0.05) is 15.7 Å². The topological polar surface area (TPSA) is 55.1 Å². The molecule has 2 aromatic rings. The van der Waals surface area contributed by atoms with Crippen LogP contribution < -0.4 is 11.1 Å². The molecule has 0 aliphatic carbocycles. The molecule has 0 saturated heterocycles. The zero-order chi connectivity index (χ0) is 14.7. The van der Waals surface area contributed by atoms with Gasteiger partial charge in [-0.1, -0.05) is 29.3 Å². The summed E-state index contributed by atoms with van der Waals surface area (Å²) in [5.74, 6) is -1.03. The van der Waals surface area contributed by atoms with Gasteiger partial charge >= 0.3 is 0 Å². The highest BCUT2D eigenvalue weighted by molar-refractivity contribution is 6.34.